The van der Waals surface area contributed by atoms with E-state index < -0.39 is 0 Å². The van der Waals surface area contributed by atoms with Crippen LogP contribution in [0.1, 0.15) is 116 Å². The second-order valence-corrected chi connectivity index (χ2v) is 20.6. The number of halogens is 1. The largest absolute Gasteiger partial charge is 1.00 e. The van der Waals surface area contributed by atoms with Crippen LogP contribution >= 0.6 is 0 Å². The van der Waals surface area contributed by atoms with Gasteiger partial charge in [-0.3, -0.25) is 4.57 Å². The molecule has 0 aliphatic rings. The summed E-state index contributed by atoms with van der Waals surface area (Å²) in [6.45, 7) is 25.2. The van der Waals surface area contributed by atoms with Gasteiger partial charge in [0.15, 0.2) is 11.0 Å². The first kappa shape index (κ1) is 46.4. The van der Waals surface area contributed by atoms with Crippen molar-refractivity contribution in [2.75, 3.05) is 0 Å². The predicted molar refractivity (Wildman–Crippen MR) is 273 cm³/mol. The van der Waals surface area contributed by atoms with E-state index >= 15 is 0 Å². The van der Waals surface area contributed by atoms with Crippen molar-refractivity contribution >= 4 is 32.8 Å². The molecule has 0 spiro atoms. The molecule has 0 unspecified atom stereocenters. The van der Waals surface area contributed by atoms with Gasteiger partial charge >= 0.3 is 0 Å². The molecule has 0 saturated heterocycles. The Morgan fingerprint density at radius 1 is 0.591 bits per heavy atom. The van der Waals surface area contributed by atoms with Crippen molar-refractivity contribution in [3.63, 3.8) is 0 Å². The van der Waals surface area contributed by atoms with E-state index in [0.717, 1.165) is 63.3 Å². The Balaban J connectivity index is 0.00000592. The number of hydrogen-bond donors (Lipinski definition) is 0. The highest BCUT2D eigenvalue weighted by molar-refractivity contribution is 6.09. The quantitative estimate of drug-likeness (QED) is 0.115. The SMILES string of the molecule is CC(C)Cc1cccc(CC(C)C)c1-n1c[n+](-c2cc(Oc3ccc4c5ccccc5n(-c5cc(C(C)(C)C)ccn5)c4c3)cc(-c3c(C(C)C)cccc3C(C)C)c2)c2ccccc21.[Cl-]. The molecule has 0 N–H and O–H groups in total. The van der Waals surface area contributed by atoms with Gasteiger partial charge in [-0.2, -0.15) is 9.13 Å². The molecule has 5 nitrogen and oxygen atoms in total. The van der Waals surface area contributed by atoms with Crippen LogP contribution in [0, 0.1) is 11.8 Å². The lowest BCUT2D eigenvalue weighted by Crippen LogP contribution is -3.00. The lowest BCUT2D eigenvalue weighted by molar-refractivity contribution is -0.567. The summed E-state index contributed by atoms with van der Waals surface area (Å²) < 4.78 is 14.3. The number of rotatable bonds is 12. The summed E-state index contributed by atoms with van der Waals surface area (Å²) in [7, 11) is 0. The summed E-state index contributed by atoms with van der Waals surface area (Å²) in [4.78, 5) is 4.95. The zero-order valence-corrected chi connectivity index (χ0v) is 41.4. The van der Waals surface area contributed by atoms with Gasteiger partial charge in [-0.15, -0.1) is 0 Å². The molecule has 338 valence electrons. The Labute approximate surface area is 398 Å². The molecule has 9 aromatic rings. The molecule has 0 radical (unpaired) electrons. The minimum Gasteiger partial charge on any atom is -1.00 e. The molecule has 9 rings (SSSR count). The average Bonchev–Trinajstić information content (AvgIpc) is 3.81. The van der Waals surface area contributed by atoms with E-state index in [1.165, 1.54) is 50.0 Å². The Morgan fingerprint density at radius 2 is 1.21 bits per heavy atom. The normalized spacial score (nSPS) is 12.1. The maximum atomic E-state index is 7.15. The van der Waals surface area contributed by atoms with E-state index in [9.17, 15) is 0 Å². The van der Waals surface area contributed by atoms with Crippen molar-refractivity contribution in [1.82, 2.24) is 14.1 Å². The summed E-state index contributed by atoms with van der Waals surface area (Å²) in [5, 5.41) is 2.35. The van der Waals surface area contributed by atoms with Crippen LogP contribution < -0.4 is 21.7 Å². The molecule has 0 saturated carbocycles. The molecular weight excluding hydrogens is 828 g/mol. The number of ether oxygens (including phenoxy) is 1. The lowest BCUT2D eigenvalue weighted by Gasteiger charge is -2.21. The lowest BCUT2D eigenvalue weighted by atomic mass is 9.85. The van der Waals surface area contributed by atoms with Crippen molar-refractivity contribution in [2.24, 2.45) is 11.8 Å². The smallest absolute Gasteiger partial charge is 0.255 e. The Hall–Kier alpha value is -6.17. The first-order valence-electron chi connectivity index (χ1n) is 23.8. The molecular formula is C60H65ClN4O. The maximum Gasteiger partial charge on any atom is 0.255 e. The summed E-state index contributed by atoms with van der Waals surface area (Å²) in [5.74, 6) is 4.16. The first-order chi connectivity index (χ1) is 31.2. The van der Waals surface area contributed by atoms with Gasteiger partial charge in [-0.1, -0.05) is 143 Å². The summed E-state index contributed by atoms with van der Waals surface area (Å²) >= 11 is 0. The third kappa shape index (κ3) is 8.90. The maximum absolute atomic E-state index is 7.15. The topological polar surface area (TPSA) is 35.9 Å². The van der Waals surface area contributed by atoms with E-state index in [-0.39, 0.29) is 17.8 Å². The molecule has 0 fully saturated rings. The molecule has 0 bridgehead atoms. The van der Waals surface area contributed by atoms with E-state index in [2.05, 4.69) is 230 Å². The summed E-state index contributed by atoms with van der Waals surface area (Å²) in [5.41, 5.74) is 15.9. The van der Waals surface area contributed by atoms with Gasteiger partial charge in [0.2, 0.25) is 0 Å². The van der Waals surface area contributed by atoms with E-state index in [0.29, 0.717) is 23.7 Å². The highest BCUT2D eigenvalue weighted by Gasteiger charge is 2.26. The second-order valence-electron chi connectivity index (χ2n) is 20.6. The molecule has 6 aromatic carbocycles. The van der Waals surface area contributed by atoms with Crippen LogP contribution in [0.25, 0.3) is 61.2 Å². The van der Waals surface area contributed by atoms with Gasteiger partial charge in [-0.05, 0) is 135 Å². The summed E-state index contributed by atoms with van der Waals surface area (Å²) in [6, 6.07) is 48.9. The Kier molecular flexibility index (Phi) is 13.1. The second kappa shape index (κ2) is 18.6. The Bertz CT molecular complexity index is 3140. The van der Waals surface area contributed by atoms with E-state index in [4.69, 9.17) is 9.72 Å². The summed E-state index contributed by atoms with van der Waals surface area (Å²) in [6.07, 6.45) is 6.27. The van der Waals surface area contributed by atoms with Gasteiger partial charge in [0.25, 0.3) is 6.33 Å². The number of para-hydroxylation sites is 4. The van der Waals surface area contributed by atoms with Crippen molar-refractivity contribution in [3.05, 3.63) is 174 Å². The third-order valence-corrected chi connectivity index (χ3v) is 12.9. The minimum atomic E-state index is -0.0186. The van der Waals surface area contributed by atoms with Gasteiger partial charge in [0, 0.05) is 29.1 Å². The van der Waals surface area contributed by atoms with Gasteiger partial charge in [0.1, 0.15) is 28.7 Å². The zero-order chi connectivity index (χ0) is 45.7. The molecule has 6 heteroatoms. The van der Waals surface area contributed by atoms with Crippen LogP contribution in [0.4, 0.5) is 0 Å². The molecule has 3 aromatic heterocycles. The number of pyridine rings is 1. The monoisotopic (exact) mass is 892 g/mol. The highest BCUT2D eigenvalue weighted by Crippen LogP contribution is 2.41. The van der Waals surface area contributed by atoms with Crippen LogP contribution in [-0.4, -0.2) is 14.1 Å². The van der Waals surface area contributed by atoms with Gasteiger partial charge in [-0.25, -0.2) is 4.98 Å². The van der Waals surface area contributed by atoms with Crippen LogP contribution in [0.2, 0.25) is 0 Å². The third-order valence-electron chi connectivity index (χ3n) is 12.9. The van der Waals surface area contributed by atoms with Gasteiger partial charge in [0.05, 0.1) is 11.0 Å². The zero-order valence-electron chi connectivity index (χ0n) is 40.7. The molecule has 0 aliphatic heterocycles. The highest BCUT2D eigenvalue weighted by atomic mass is 35.5. The van der Waals surface area contributed by atoms with Crippen molar-refractivity contribution in [2.45, 2.75) is 106 Å². The number of nitrogens with zero attached hydrogens (tertiary/aromatic N) is 4. The van der Waals surface area contributed by atoms with Crippen LogP contribution in [0.15, 0.2) is 146 Å². The number of hydrogen-bond acceptors (Lipinski definition) is 2. The number of aromatic nitrogens is 4. The van der Waals surface area contributed by atoms with E-state index in [1.807, 2.05) is 6.20 Å². The predicted octanol–water partition coefficient (Wildman–Crippen LogP) is 12.8. The first-order valence-corrected chi connectivity index (χ1v) is 23.8. The molecule has 0 amide bonds. The fourth-order valence-corrected chi connectivity index (χ4v) is 9.87. The number of benzene rings is 6. The van der Waals surface area contributed by atoms with Crippen LogP contribution in [0.3, 0.4) is 0 Å². The van der Waals surface area contributed by atoms with Crippen molar-refractivity contribution < 1.29 is 21.7 Å². The van der Waals surface area contributed by atoms with Crippen molar-refractivity contribution in [1.29, 1.82) is 0 Å². The van der Waals surface area contributed by atoms with Crippen molar-refractivity contribution in [3.8, 4) is 39.8 Å². The Morgan fingerprint density at radius 3 is 1.86 bits per heavy atom. The molecule has 0 atom stereocenters. The van der Waals surface area contributed by atoms with Gasteiger partial charge < -0.3 is 17.1 Å². The number of imidazole rings is 1. The molecule has 66 heavy (non-hydrogen) atoms. The fraction of sp³-hybridized carbons (Fsp3) is 0.300. The fourth-order valence-electron chi connectivity index (χ4n) is 9.87. The molecule has 0 aliphatic carbocycles. The van der Waals surface area contributed by atoms with Crippen LogP contribution in [0.5, 0.6) is 11.5 Å². The standard InChI is InChI=1S/C60H65N4O.ClH/c1-38(2)30-42-18-16-19-43(31-39(3)4)59(42)63-37-62(54-24-14-15-25-55(54)63)46-32-44(58-49(40(5)6)21-17-22-50(58)41(7)8)33-48(35-46)65-47-26-27-52-51-20-12-13-23-53(51)64(56(52)36-47)57-34-45(28-29-61-57)60(9,10)11;/h12-29,32-41H,30-31H2,1-11H3;1H/q+1;/p-1. The van der Waals surface area contributed by atoms with E-state index in [1.54, 1.807) is 0 Å². The number of fused-ring (bicyclic) bond motifs is 4. The average molecular weight is 894 g/mol. The van der Waals surface area contributed by atoms with Crippen LogP contribution in [-0.2, 0) is 18.3 Å². The molecule has 3 heterocycles. The minimum absolute atomic E-state index is 0.